The molecule has 0 saturated heterocycles. The van der Waals surface area contributed by atoms with E-state index < -0.39 is 0 Å². The van der Waals surface area contributed by atoms with Crippen molar-refractivity contribution in [1.29, 1.82) is 0 Å². The van der Waals surface area contributed by atoms with Gasteiger partial charge < -0.3 is 0 Å². The van der Waals surface area contributed by atoms with E-state index in [1.165, 1.54) is 51.4 Å². The van der Waals surface area contributed by atoms with Crippen LogP contribution in [0.3, 0.4) is 0 Å². The van der Waals surface area contributed by atoms with Crippen molar-refractivity contribution in [3.63, 3.8) is 0 Å². The summed E-state index contributed by atoms with van der Waals surface area (Å²) in [5, 5.41) is 0. The van der Waals surface area contributed by atoms with E-state index in [9.17, 15) is 0 Å². The molecule has 0 heterocycles. The van der Waals surface area contributed by atoms with E-state index in [1.807, 2.05) is 0 Å². The molecule has 2 aliphatic rings. The van der Waals surface area contributed by atoms with Crippen molar-refractivity contribution in [3.8, 4) is 0 Å². The van der Waals surface area contributed by atoms with Crippen molar-refractivity contribution in [3.05, 3.63) is 18.6 Å². The average molecular weight is 205 g/mol. The minimum absolute atomic E-state index is 0.852. The van der Waals surface area contributed by atoms with Gasteiger partial charge in [0.1, 0.15) is 0 Å². The van der Waals surface area contributed by atoms with E-state index in [0.717, 1.165) is 17.8 Å². The zero-order valence-corrected chi connectivity index (χ0v) is 10.1. The van der Waals surface area contributed by atoms with E-state index >= 15 is 0 Å². The molecular weight excluding hydrogens is 180 g/mol. The van der Waals surface area contributed by atoms with Crippen LogP contribution in [-0.4, -0.2) is 0 Å². The third-order valence-electron chi connectivity index (χ3n) is 4.20. The second-order valence-electron chi connectivity index (χ2n) is 5.32. The van der Waals surface area contributed by atoms with Gasteiger partial charge in [-0.25, -0.2) is 0 Å². The van der Waals surface area contributed by atoms with Crippen LogP contribution in [0.4, 0.5) is 0 Å². The fourth-order valence-corrected chi connectivity index (χ4v) is 3.23. The Morgan fingerprint density at radius 3 is 2.40 bits per heavy atom. The molecule has 15 heavy (non-hydrogen) atoms. The van der Waals surface area contributed by atoms with Gasteiger partial charge in [0.25, 0.3) is 0 Å². The summed E-state index contributed by atoms with van der Waals surface area (Å²) in [6.45, 7) is 2.29. The molecule has 0 aliphatic heterocycles. The monoisotopic (exact) mass is 205 g/mol. The molecule has 0 spiro atoms. The van der Waals surface area contributed by atoms with Crippen molar-refractivity contribution < 1.29 is 0 Å². The lowest BCUT2D eigenvalue weighted by Crippen LogP contribution is -2.06. The number of rotatable bonds is 7. The third kappa shape index (κ3) is 2.86. The second kappa shape index (κ2) is 5.72. The van der Waals surface area contributed by atoms with Crippen molar-refractivity contribution >= 4 is 0 Å². The zero-order valence-electron chi connectivity index (χ0n) is 10.1. The lowest BCUT2D eigenvalue weighted by atomic mass is 9.90. The number of allylic oxidation sites excluding steroid dienone is 2. The highest BCUT2D eigenvalue weighted by Gasteiger charge is 2.36. The van der Waals surface area contributed by atoms with Gasteiger partial charge in [-0.3, -0.25) is 0 Å². The standard InChI is InChI=1S/C15H25/c1-2-3-4-5-6-7-8-15-13-9-10-14(15)12-11-13/h9-11,13-15H,2-8,12H2,1H3. The Morgan fingerprint density at radius 2 is 1.80 bits per heavy atom. The topological polar surface area (TPSA) is 0 Å². The molecule has 0 aromatic heterocycles. The van der Waals surface area contributed by atoms with Gasteiger partial charge in [-0.05, 0) is 37.0 Å². The molecule has 3 unspecified atom stereocenters. The first-order valence-corrected chi connectivity index (χ1v) is 6.93. The smallest absolute Gasteiger partial charge is 0.0168 e. The molecule has 3 atom stereocenters. The lowest BCUT2D eigenvalue weighted by Gasteiger charge is -2.14. The van der Waals surface area contributed by atoms with Crippen LogP contribution < -0.4 is 0 Å². The maximum atomic E-state index is 2.53. The largest absolute Gasteiger partial charge is 0.0848 e. The normalized spacial score (nSPS) is 32.7. The van der Waals surface area contributed by atoms with E-state index in [4.69, 9.17) is 0 Å². The third-order valence-corrected chi connectivity index (χ3v) is 4.20. The number of hydrogen-bond acceptors (Lipinski definition) is 0. The quantitative estimate of drug-likeness (QED) is 0.415. The maximum absolute atomic E-state index is 2.53. The number of unbranched alkanes of at least 4 members (excludes halogenated alkanes) is 5. The molecular formula is C15H25. The Labute approximate surface area is 95.1 Å². The summed E-state index contributed by atoms with van der Waals surface area (Å²) in [6.07, 6.45) is 18.9. The van der Waals surface area contributed by atoms with E-state index in [2.05, 4.69) is 25.5 Å². The van der Waals surface area contributed by atoms with E-state index in [1.54, 1.807) is 0 Å². The van der Waals surface area contributed by atoms with Crippen LogP contribution in [-0.2, 0) is 0 Å². The van der Waals surface area contributed by atoms with Crippen molar-refractivity contribution in [1.82, 2.24) is 0 Å². The first-order chi connectivity index (χ1) is 7.42. The molecule has 2 bridgehead atoms. The van der Waals surface area contributed by atoms with Gasteiger partial charge >= 0.3 is 0 Å². The molecule has 0 nitrogen and oxygen atoms in total. The molecule has 0 heteroatoms. The fourth-order valence-electron chi connectivity index (χ4n) is 3.23. The number of fused-ring (bicyclic) bond motifs is 2. The summed E-state index contributed by atoms with van der Waals surface area (Å²) < 4.78 is 0. The van der Waals surface area contributed by atoms with Crippen LogP contribution in [0.25, 0.3) is 0 Å². The Hall–Kier alpha value is -0.260. The zero-order chi connectivity index (χ0) is 10.5. The maximum Gasteiger partial charge on any atom is -0.0168 e. The van der Waals surface area contributed by atoms with Crippen LogP contribution in [0.2, 0.25) is 0 Å². The highest BCUT2D eigenvalue weighted by atomic mass is 14.4. The molecule has 85 valence electrons. The predicted octanol–water partition coefficient (Wildman–Crippen LogP) is 4.76. The first kappa shape index (κ1) is 11.2. The van der Waals surface area contributed by atoms with E-state index in [0.29, 0.717) is 0 Å². The SMILES string of the molecule is CCCCCCCCC1C2[CH]CC1C=C2. The summed E-state index contributed by atoms with van der Waals surface area (Å²) in [5.41, 5.74) is 0. The van der Waals surface area contributed by atoms with Gasteiger partial charge in [0.2, 0.25) is 0 Å². The minimum atomic E-state index is 0.852. The van der Waals surface area contributed by atoms with Gasteiger partial charge in [0.15, 0.2) is 0 Å². The average Bonchev–Trinajstić information content (AvgIpc) is 2.83. The van der Waals surface area contributed by atoms with Gasteiger partial charge in [-0.2, -0.15) is 0 Å². The molecule has 1 radical (unpaired) electrons. The van der Waals surface area contributed by atoms with Crippen LogP contribution in [0.5, 0.6) is 0 Å². The van der Waals surface area contributed by atoms with Crippen LogP contribution in [0, 0.1) is 24.2 Å². The molecule has 0 amide bonds. The lowest BCUT2D eigenvalue weighted by molar-refractivity contribution is 0.384. The van der Waals surface area contributed by atoms with Gasteiger partial charge in [0.05, 0.1) is 0 Å². The van der Waals surface area contributed by atoms with Crippen molar-refractivity contribution in [2.24, 2.45) is 17.8 Å². The molecule has 0 N–H and O–H groups in total. The van der Waals surface area contributed by atoms with Gasteiger partial charge in [-0.1, -0.05) is 57.6 Å². The molecule has 1 fully saturated rings. The Morgan fingerprint density at radius 1 is 1.00 bits per heavy atom. The Kier molecular flexibility index (Phi) is 4.29. The second-order valence-corrected chi connectivity index (χ2v) is 5.32. The molecule has 2 aliphatic carbocycles. The molecule has 2 rings (SSSR count). The first-order valence-electron chi connectivity index (χ1n) is 6.93. The highest BCUT2D eigenvalue weighted by Crippen LogP contribution is 2.45. The summed E-state index contributed by atoms with van der Waals surface area (Å²) in [6, 6.07) is 0. The number of hydrogen-bond donors (Lipinski definition) is 0. The van der Waals surface area contributed by atoms with Gasteiger partial charge in [-0.15, -0.1) is 0 Å². The Bertz CT molecular complexity index is 190. The van der Waals surface area contributed by atoms with E-state index in [-0.39, 0.29) is 0 Å². The van der Waals surface area contributed by atoms with Crippen LogP contribution >= 0.6 is 0 Å². The summed E-state index contributed by atoms with van der Waals surface area (Å²) >= 11 is 0. The summed E-state index contributed by atoms with van der Waals surface area (Å²) in [4.78, 5) is 0. The van der Waals surface area contributed by atoms with Crippen molar-refractivity contribution in [2.75, 3.05) is 0 Å². The Balaban J connectivity index is 1.52. The molecule has 0 aromatic rings. The summed E-state index contributed by atoms with van der Waals surface area (Å²) in [5.74, 6) is 2.77. The van der Waals surface area contributed by atoms with Crippen LogP contribution in [0.15, 0.2) is 12.2 Å². The van der Waals surface area contributed by atoms with Gasteiger partial charge in [0, 0.05) is 0 Å². The minimum Gasteiger partial charge on any atom is -0.0848 e. The fraction of sp³-hybridized carbons (Fsp3) is 0.800. The van der Waals surface area contributed by atoms with Crippen LogP contribution in [0.1, 0.15) is 58.3 Å². The summed E-state index contributed by atoms with van der Waals surface area (Å²) in [7, 11) is 0. The molecule has 1 saturated carbocycles. The predicted molar refractivity (Wildman–Crippen MR) is 66.5 cm³/mol. The highest BCUT2D eigenvalue weighted by molar-refractivity contribution is 5.17. The van der Waals surface area contributed by atoms with Crippen molar-refractivity contribution in [2.45, 2.75) is 58.3 Å². The molecule has 0 aromatic carbocycles.